The van der Waals surface area contributed by atoms with E-state index in [0.29, 0.717) is 6.54 Å². The topological polar surface area (TPSA) is 86.6 Å². The quantitative estimate of drug-likeness (QED) is 0.483. The number of amides is 2. The molecule has 0 radical (unpaired) electrons. The van der Waals surface area contributed by atoms with Gasteiger partial charge in [-0.3, -0.25) is 19.6 Å². The molecule has 0 saturated carbocycles. The number of aliphatic hydroxyl groups is 1. The Morgan fingerprint density at radius 2 is 1.78 bits per heavy atom. The minimum atomic E-state index is -1.48. The van der Waals surface area contributed by atoms with E-state index < -0.39 is 11.0 Å². The van der Waals surface area contributed by atoms with Crippen molar-refractivity contribution in [1.29, 1.82) is 0 Å². The summed E-state index contributed by atoms with van der Waals surface area (Å²) in [5, 5.41) is 12.3. The summed E-state index contributed by atoms with van der Waals surface area (Å²) in [4.78, 5) is 39.1. The van der Waals surface area contributed by atoms with E-state index in [9.17, 15) is 14.7 Å². The molecule has 4 aromatic rings. The maximum absolute atomic E-state index is 14.0. The van der Waals surface area contributed by atoms with Gasteiger partial charge in [0.2, 0.25) is 5.91 Å². The summed E-state index contributed by atoms with van der Waals surface area (Å²) in [7, 11) is 0. The minimum absolute atomic E-state index is 0.0457. The number of hydrogen-bond donors (Lipinski definition) is 1. The first-order valence-electron chi connectivity index (χ1n) is 12.0. The van der Waals surface area contributed by atoms with Gasteiger partial charge in [-0.15, -0.1) is 0 Å². The van der Waals surface area contributed by atoms with E-state index in [4.69, 9.17) is 4.98 Å². The highest BCUT2D eigenvalue weighted by Crippen LogP contribution is 2.48. The molecule has 1 spiro atoms. The van der Waals surface area contributed by atoms with Crippen LogP contribution in [0.5, 0.6) is 0 Å². The average Bonchev–Trinajstić information content (AvgIpc) is 3.10. The van der Waals surface area contributed by atoms with Gasteiger partial charge >= 0.3 is 0 Å². The summed E-state index contributed by atoms with van der Waals surface area (Å²) in [5.74, 6) is -0.414. The zero-order valence-electron chi connectivity index (χ0n) is 20.2. The molecular formula is C29H26N4O3. The molecule has 180 valence electrons. The van der Waals surface area contributed by atoms with Crippen LogP contribution >= 0.6 is 0 Å². The minimum Gasteiger partial charge on any atom is -0.381 e. The third-order valence-corrected chi connectivity index (χ3v) is 7.23. The molecule has 1 saturated heterocycles. The molecule has 6 rings (SSSR count). The Balaban J connectivity index is 1.41. The second-order valence-electron chi connectivity index (χ2n) is 10.1. The van der Waals surface area contributed by atoms with Crippen LogP contribution in [0.3, 0.4) is 0 Å². The fourth-order valence-electron chi connectivity index (χ4n) is 5.50. The Hall–Kier alpha value is -4.10. The lowest BCUT2D eigenvalue weighted by molar-refractivity contribution is -0.158. The molecule has 7 heteroatoms. The number of aromatic nitrogens is 2. The van der Waals surface area contributed by atoms with E-state index in [1.54, 1.807) is 16.0 Å². The molecule has 2 aliphatic heterocycles. The molecule has 2 aromatic carbocycles. The third kappa shape index (κ3) is 3.31. The van der Waals surface area contributed by atoms with Crippen LogP contribution < -0.4 is 4.90 Å². The lowest BCUT2D eigenvalue weighted by Crippen LogP contribution is -2.67. The Labute approximate surface area is 209 Å². The van der Waals surface area contributed by atoms with Crippen LogP contribution in [0.15, 0.2) is 79.3 Å². The van der Waals surface area contributed by atoms with E-state index in [0.717, 1.165) is 38.8 Å². The van der Waals surface area contributed by atoms with Crippen molar-refractivity contribution < 1.29 is 14.7 Å². The largest absolute Gasteiger partial charge is 0.381 e. The van der Waals surface area contributed by atoms with Gasteiger partial charge in [-0.05, 0) is 36.9 Å². The molecule has 2 aromatic heterocycles. The van der Waals surface area contributed by atoms with Gasteiger partial charge in [0, 0.05) is 53.9 Å². The van der Waals surface area contributed by atoms with Crippen LogP contribution in [0.2, 0.25) is 0 Å². The Bertz CT molecular complexity index is 1500. The number of rotatable bonds is 4. The van der Waals surface area contributed by atoms with Crippen LogP contribution in [0.25, 0.3) is 21.9 Å². The second-order valence-corrected chi connectivity index (χ2v) is 10.1. The highest BCUT2D eigenvalue weighted by atomic mass is 16.3. The van der Waals surface area contributed by atoms with Crippen molar-refractivity contribution in [1.82, 2.24) is 14.9 Å². The molecular weight excluding hydrogens is 452 g/mol. The smallest absolute Gasteiger partial charge is 0.254 e. The van der Waals surface area contributed by atoms with Gasteiger partial charge in [0.15, 0.2) is 0 Å². The summed E-state index contributed by atoms with van der Waals surface area (Å²) < 4.78 is 0. The number of benzene rings is 2. The standard InChI is InChI=1S/C29H26N4O3/c1-28(2,36)26(34)32-17-29(18-32)22-11-5-6-12-24(22)33(27(29)35)16-23-25(20-9-7-13-30-14-20)21-10-4-3-8-19(21)15-31-23/h3-15,36H,16-18H2,1-2H3. The normalized spacial score (nSPS) is 16.4. The SMILES string of the molecule is CC(C)(O)C(=O)N1CC2(C1)C(=O)N(Cc1ncc3ccccc3c1-c1cccnc1)c1ccccc12. The summed E-state index contributed by atoms with van der Waals surface area (Å²) in [6, 6.07) is 19.7. The van der Waals surface area contributed by atoms with Crippen molar-refractivity contribution in [2.45, 2.75) is 31.4 Å². The molecule has 0 aliphatic carbocycles. The Kier molecular flexibility index (Phi) is 4.95. The molecule has 1 fully saturated rings. The Morgan fingerprint density at radius 1 is 1.03 bits per heavy atom. The van der Waals surface area contributed by atoms with Gasteiger partial charge in [0.05, 0.1) is 12.2 Å². The average molecular weight is 479 g/mol. The fraction of sp³-hybridized carbons (Fsp3) is 0.241. The van der Waals surface area contributed by atoms with Crippen LogP contribution in [-0.2, 0) is 21.5 Å². The number of nitrogens with zero attached hydrogens (tertiary/aromatic N) is 4. The molecule has 1 N–H and O–H groups in total. The van der Waals surface area contributed by atoms with Crippen molar-refractivity contribution in [3.05, 3.63) is 90.5 Å². The van der Waals surface area contributed by atoms with Crippen molar-refractivity contribution in [2.75, 3.05) is 18.0 Å². The van der Waals surface area contributed by atoms with Crippen LogP contribution in [0.1, 0.15) is 25.1 Å². The highest BCUT2D eigenvalue weighted by molar-refractivity contribution is 6.10. The van der Waals surface area contributed by atoms with Gasteiger partial charge in [0.25, 0.3) is 5.91 Å². The first kappa shape index (κ1) is 22.4. The van der Waals surface area contributed by atoms with Gasteiger partial charge < -0.3 is 14.9 Å². The summed E-state index contributed by atoms with van der Waals surface area (Å²) in [5.41, 5.74) is 2.16. The van der Waals surface area contributed by atoms with Crippen molar-refractivity contribution >= 4 is 28.3 Å². The van der Waals surface area contributed by atoms with Crippen molar-refractivity contribution in [3.8, 4) is 11.1 Å². The molecule has 2 aliphatic rings. The predicted molar refractivity (Wildman–Crippen MR) is 137 cm³/mol. The van der Waals surface area contributed by atoms with Crippen molar-refractivity contribution in [2.24, 2.45) is 0 Å². The number of pyridine rings is 2. The number of likely N-dealkylation sites (tertiary alicyclic amines) is 1. The summed E-state index contributed by atoms with van der Waals surface area (Å²) >= 11 is 0. The van der Waals surface area contributed by atoms with E-state index in [1.807, 2.05) is 67.0 Å². The van der Waals surface area contributed by atoms with E-state index in [1.165, 1.54) is 13.8 Å². The van der Waals surface area contributed by atoms with Crippen molar-refractivity contribution in [3.63, 3.8) is 0 Å². The molecule has 2 amide bonds. The van der Waals surface area contributed by atoms with E-state index in [2.05, 4.69) is 11.1 Å². The zero-order valence-corrected chi connectivity index (χ0v) is 20.2. The Morgan fingerprint density at radius 3 is 2.53 bits per heavy atom. The van der Waals surface area contributed by atoms with Gasteiger partial charge in [-0.2, -0.15) is 0 Å². The molecule has 0 bridgehead atoms. The molecule has 0 unspecified atom stereocenters. The third-order valence-electron chi connectivity index (χ3n) is 7.23. The van der Waals surface area contributed by atoms with Gasteiger partial charge in [-0.1, -0.05) is 48.5 Å². The summed E-state index contributed by atoms with van der Waals surface area (Å²) in [6.07, 6.45) is 5.41. The van der Waals surface area contributed by atoms with Crippen LogP contribution in [-0.4, -0.2) is 50.5 Å². The van der Waals surface area contributed by atoms with Gasteiger partial charge in [0.1, 0.15) is 11.0 Å². The first-order chi connectivity index (χ1) is 17.3. The lowest BCUT2D eigenvalue weighted by Gasteiger charge is -2.48. The van der Waals surface area contributed by atoms with Crippen LogP contribution in [0, 0.1) is 0 Å². The fourth-order valence-corrected chi connectivity index (χ4v) is 5.50. The molecule has 36 heavy (non-hydrogen) atoms. The highest BCUT2D eigenvalue weighted by Gasteiger charge is 2.60. The zero-order chi connectivity index (χ0) is 25.1. The van der Waals surface area contributed by atoms with E-state index >= 15 is 0 Å². The predicted octanol–water partition coefficient (Wildman–Crippen LogP) is 3.69. The number of carbonyl (C=O) groups excluding carboxylic acids is 2. The molecule has 4 heterocycles. The number of fused-ring (bicyclic) bond motifs is 3. The maximum Gasteiger partial charge on any atom is 0.254 e. The summed E-state index contributed by atoms with van der Waals surface area (Å²) in [6.45, 7) is 3.75. The number of carbonyl (C=O) groups is 2. The van der Waals surface area contributed by atoms with E-state index in [-0.39, 0.29) is 24.9 Å². The van der Waals surface area contributed by atoms with Crippen LogP contribution in [0.4, 0.5) is 5.69 Å². The number of para-hydroxylation sites is 1. The monoisotopic (exact) mass is 478 g/mol. The molecule has 0 atom stereocenters. The number of hydrogen-bond acceptors (Lipinski definition) is 5. The number of anilines is 1. The molecule has 7 nitrogen and oxygen atoms in total. The van der Waals surface area contributed by atoms with Gasteiger partial charge in [-0.25, -0.2) is 0 Å². The lowest BCUT2D eigenvalue weighted by atomic mass is 9.74. The second kappa shape index (κ2) is 7.96. The first-order valence-corrected chi connectivity index (χ1v) is 12.0. The maximum atomic E-state index is 14.0.